The average molecular weight is 405 g/mol. The monoisotopic (exact) mass is 404 g/mol. The van der Waals surface area contributed by atoms with Crippen molar-refractivity contribution >= 4 is 11.7 Å². The van der Waals surface area contributed by atoms with E-state index in [0.29, 0.717) is 38.4 Å². The van der Waals surface area contributed by atoms with Crippen LogP contribution in [0.1, 0.15) is 55.8 Å². The molecule has 4 rings (SSSR count). The van der Waals surface area contributed by atoms with E-state index in [1.165, 1.54) is 25.7 Å². The standard InChI is InChI=1S/C23H30F2N2O2/c1-14(19-11-15-2-3-17(19)10-15)26-22(28)13-27-8-6-16(7-9-27)23(29)20-12-18(24)4-5-21(20)25/h4-5,12,14-17,19H,2-3,6-11,13H2,1H3,(H,26,28)/t14-,15+,17+,19-/m1/s1. The Balaban J connectivity index is 1.24. The first-order valence-electron chi connectivity index (χ1n) is 10.9. The molecule has 3 aliphatic rings. The number of carbonyl (C=O) groups excluding carboxylic acids is 2. The van der Waals surface area contributed by atoms with Gasteiger partial charge in [-0.2, -0.15) is 0 Å². The highest BCUT2D eigenvalue weighted by molar-refractivity contribution is 5.98. The van der Waals surface area contributed by atoms with Gasteiger partial charge in [0, 0.05) is 12.0 Å². The summed E-state index contributed by atoms with van der Waals surface area (Å²) in [6.45, 7) is 3.69. The first-order valence-corrected chi connectivity index (χ1v) is 10.9. The van der Waals surface area contributed by atoms with Crippen LogP contribution < -0.4 is 5.32 Å². The summed E-state index contributed by atoms with van der Waals surface area (Å²) in [5.74, 6) is 0.364. The maximum Gasteiger partial charge on any atom is 0.234 e. The second-order valence-electron chi connectivity index (χ2n) is 9.23. The molecule has 1 heterocycles. The molecule has 0 unspecified atom stereocenters. The summed E-state index contributed by atoms with van der Waals surface area (Å²) in [6, 6.07) is 3.21. The lowest BCUT2D eigenvalue weighted by molar-refractivity contribution is -0.123. The predicted molar refractivity (Wildman–Crippen MR) is 106 cm³/mol. The van der Waals surface area contributed by atoms with Crippen molar-refractivity contribution in [1.29, 1.82) is 0 Å². The molecular weight excluding hydrogens is 374 g/mol. The summed E-state index contributed by atoms with van der Waals surface area (Å²) in [6.07, 6.45) is 6.36. The molecule has 1 amide bonds. The molecule has 2 bridgehead atoms. The van der Waals surface area contributed by atoms with E-state index >= 15 is 0 Å². The molecule has 1 aromatic carbocycles. The number of ketones is 1. The summed E-state index contributed by atoms with van der Waals surface area (Å²) in [5.41, 5.74) is -0.166. The van der Waals surface area contributed by atoms with Crippen molar-refractivity contribution in [2.75, 3.05) is 19.6 Å². The van der Waals surface area contributed by atoms with Crippen molar-refractivity contribution in [1.82, 2.24) is 10.2 Å². The largest absolute Gasteiger partial charge is 0.352 e. The van der Waals surface area contributed by atoms with E-state index in [2.05, 4.69) is 17.1 Å². The summed E-state index contributed by atoms with van der Waals surface area (Å²) in [7, 11) is 0. The van der Waals surface area contributed by atoms with Crippen molar-refractivity contribution in [3.05, 3.63) is 35.4 Å². The SMILES string of the molecule is C[C@@H](NC(=O)CN1CCC(C(=O)c2cc(F)ccc2F)CC1)[C@H]1C[C@H]2CC[C@H]1C2. The maximum absolute atomic E-state index is 13.9. The minimum Gasteiger partial charge on any atom is -0.352 e. The first-order chi connectivity index (χ1) is 13.9. The van der Waals surface area contributed by atoms with Crippen LogP contribution in [0.2, 0.25) is 0 Å². The molecule has 1 aromatic rings. The Morgan fingerprint density at radius 2 is 1.90 bits per heavy atom. The third kappa shape index (κ3) is 4.52. The van der Waals surface area contributed by atoms with Crippen LogP contribution in [0.5, 0.6) is 0 Å². The molecule has 4 nitrogen and oxygen atoms in total. The Bertz CT molecular complexity index is 776. The van der Waals surface area contributed by atoms with Gasteiger partial charge in [0.2, 0.25) is 5.91 Å². The van der Waals surface area contributed by atoms with Gasteiger partial charge in [-0.05, 0) is 88.1 Å². The number of nitrogens with one attached hydrogen (secondary N) is 1. The minimum atomic E-state index is -0.673. The number of hydrogen-bond donors (Lipinski definition) is 1. The summed E-state index contributed by atoms with van der Waals surface area (Å²) in [4.78, 5) is 27.1. The number of carbonyl (C=O) groups is 2. The number of amides is 1. The zero-order valence-electron chi connectivity index (χ0n) is 17.0. The van der Waals surface area contributed by atoms with E-state index in [-0.39, 0.29) is 29.2 Å². The van der Waals surface area contributed by atoms with E-state index in [4.69, 9.17) is 0 Å². The number of halogens is 2. The van der Waals surface area contributed by atoms with Gasteiger partial charge < -0.3 is 5.32 Å². The van der Waals surface area contributed by atoms with Gasteiger partial charge >= 0.3 is 0 Å². The van der Waals surface area contributed by atoms with Crippen molar-refractivity contribution in [2.24, 2.45) is 23.7 Å². The van der Waals surface area contributed by atoms with Crippen molar-refractivity contribution in [2.45, 2.75) is 51.5 Å². The van der Waals surface area contributed by atoms with Gasteiger partial charge in [0.15, 0.2) is 5.78 Å². The first kappa shape index (κ1) is 20.5. The lowest BCUT2D eigenvalue weighted by Crippen LogP contribution is -2.47. The molecule has 0 aromatic heterocycles. The van der Waals surface area contributed by atoms with Crippen LogP contribution in [0.4, 0.5) is 8.78 Å². The highest BCUT2D eigenvalue weighted by Crippen LogP contribution is 2.49. The lowest BCUT2D eigenvalue weighted by Gasteiger charge is -2.32. The zero-order chi connectivity index (χ0) is 20.5. The van der Waals surface area contributed by atoms with Crippen LogP contribution in [0.15, 0.2) is 18.2 Å². The molecular formula is C23H30F2N2O2. The predicted octanol–water partition coefficient (Wildman–Crippen LogP) is 3.80. The molecule has 158 valence electrons. The lowest BCUT2D eigenvalue weighted by atomic mass is 9.84. The Morgan fingerprint density at radius 3 is 2.55 bits per heavy atom. The number of piperidine rings is 1. The number of Topliss-reactive ketones (excluding diaryl/α,β-unsaturated/α-hetero) is 1. The molecule has 1 saturated heterocycles. The average Bonchev–Trinajstić information content (AvgIpc) is 3.33. The number of likely N-dealkylation sites (tertiary alicyclic amines) is 1. The number of hydrogen-bond acceptors (Lipinski definition) is 3. The quantitative estimate of drug-likeness (QED) is 0.734. The van der Waals surface area contributed by atoms with Gasteiger partial charge in [-0.25, -0.2) is 8.78 Å². The fraction of sp³-hybridized carbons (Fsp3) is 0.652. The molecule has 0 spiro atoms. The second kappa shape index (κ2) is 8.50. The molecule has 1 N–H and O–H groups in total. The van der Waals surface area contributed by atoms with Crippen LogP contribution >= 0.6 is 0 Å². The highest BCUT2D eigenvalue weighted by atomic mass is 19.1. The van der Waals surface area contributed by atoms with Gasteiger partial charge in [0.1, 0.15) is 11.6 Å². The number of benzene rings is 1. The number of nitrogens with zero attached hydrogens (tertiary/aromatic N) is 1. The van der Waals surface area contributed by atoms with Crippen LogP contribution in [0.3, 0.4) is 0 Å². The third-order valence-corrected chi connectivity index (χ3v) is 7.34. The Hall–Kier alpha value is -1.82. The summed E-state index contributed by atoms with van der Waals surface area (Å²) in [5, 5.41) is 3.19. The van der Waals surface area contributed by atoms with Gasteiger partial charge in [-0.15, -0.1) is 0 Å². The molecule has 4 atom stereocenters. The Labute approximate surface area is 171 Å². The van der Waals surface area contributed by atoms with Gasteiger partial charge in [0.05, 0.1) is 12.1 Å². The maximum atomic E-state index is 13.9. The molecule has 3 fully saturated rings. The van der Waals surface area contributed by atoms with Crippen LogP contribution in [0, 0.1) is 35.3 Å². The molecule has 29 heavy (non-hydrogen) atoms. The Kier molecular flexibility index (Phi) is 6.00. The molecule has 0 radical (unpaired) electrons. The van der Waals surface area contributed by atoms with Crippen LogP contribution in [-0.4, -0.2) is 42.3 Å². The summed E-state index contributed by atoms with van der Waals surface area (Å²) >= 11 is 0. The Morgan fingerprint density at radius 1 is 1.14 bits per heavy atom. The van der Waals surface area contributed by atoms with Gasteiger partial charge in [-0.3, -0.25) is 14.5 Å². The van der Waals surface area contributed by atoms with Crippen LogP contribution in [-0.2, 0) is 4.79 Å². The number of rotatable bonds is 6. The van der Waals surface area contributed by atoms with Crippen LogP contribution in [0.25, 0.3) is 0 Å². The normalized spacial score (nSPS) is 28.4. The van der Waals surface area contributed by atoms with Gasteiger partial charge in [-0.1, -0.05) is 6.42 Å². The highest BCUT2D eigenvalue weighted by Gasteiger charge is 2.42. The molecule has 1 aliphatic heterocycles. The van der Waals surface area contributed by atoms with Crippen molar-refractivity contribution in [3.8, 4) is 0 Å². The zero-order valence-corrected chi connectivity index (χ0v) is 17.0. The molecule has 6 heteroatoms. The van der Waals surface area contributed by atoms with E-state index < -0.39 is 11.6 Å². The topological polar surface area (TPSA) is 49.4 Å². The molecule has 2 aliphatic carbocycles. The summed E-state index contributed by atoms with van der Waals surface area (Å²) < 4.78 is 27.3. The van der Waals surface area contributed by atoms with E-state index in [1.54, 1.807) is 0 Å². The fourth-order valence-electron chi connectivity index (χ4n) is 5.78. The van der Waals surface area contributed by atoms with Crippen molar-refractivity contribution < 1.29 is 18.4 Å². The number of fused-ring (bicyclic) bond motifs is 2. The van der Waals surface area contributed by atoms with E-state index in [9.17, 15) is 18.4 Å². The van der Waals surface area contributed by atoms with Gasteiger partial charge in [0.25, 0.3) is 0 Å². The van der Waals surface area contributed by atoms with E-state index in [1.807, 2.05) is 0 Å². The van der Waals surface area contributed by atoms with Crippen molar-refractivity contribution in [3.63, 3.8) is 0 Å². The smallest absolute Gasteiger partial charge is 0.234 e. The fourth-order valence-corrected chi connectivity index (χ4v) is 5.78. The minimum absolute atomic E-state index is 0.0428. The van der Waals surface area contributed by atoms with E-state index in [0.717, 1.165) is 30.0 Å². The third-order valence-electron chi connectivity index (χ3n) is 7.34. The second-order valence-corrected chi connectivity index (χ2v) is 9.23. The molecule has 2 saturated carbocycles.